The standard InChI is InChI=1S/C12H20N4/c1-3-14-11-7-13-8-12(16-11)15-9(2)6-10-4-5-10/h7-10H,3-6H2,1-2H3,(H2,14,15,16). The molecule has 88 valence electrons. The van der Waals surface area contributed by atoms with Gasteiger partial charge in [-0.25, -0.2) is 4.98 Å². The number of hydrogen-bond acceptors (Lipinski definition) is 4. The van der Waals surface area contributed by atoms with Crippen molar-refractivity contribution in [3.63, 3.8) is 0 Å². The fourth-order valence-electron chi connectivity index (χ4n) is 1.87. The Hall–Kier alpha value is -1.32. The van der Waals surface area contributed by atoms with Gasteiger partial charge in [-0.3, -0.25) is 4.98 Å². The predicted octanol–water partition coefficient (Wildman–Crippen LogP) is 2.51. The van der Waals surface area contributed by atoms with E-state index in [0.717, 1.165) is 24.1 Å². The number of rotatable bonds is 6. The van der Waals surface area contributed by atoms with Gasteiger partial charge in [0.05, 0.1) is 12.4 Å². The molecule has 2 rings (SSSR count). The second-order valence-corrected chi connectivity index (χ2v) is 4.54. The van der Waals surface area contributed by atoms with Crippen LogP contribution >= 0.6 is 0 Å². The molecule has 0 amide bonds. The van der Waals surface area contributed by atoms with Crippen molar-refractivity contribution >= 4 is 11.6 Å². The Kier molecular flexibility index (Phi) is 3.59. The van der Waals surface area contributed by atoms with Gasteiger partial charge in [0.15, 0.2) is 0 Å². The Bertz CT molecular complexity index is 336. The molecule has 0 spiro atoms. The lowest BCUT2D eigenvalue weighted by Crippen LogP contribution is -2.17. The molecule has 2 N–H and O–H groups in total. The maximum Gasteiger partial charge on any atom is 0.147 e. The quantitative estimate of drug-likeness (QED) is 0.773. The monoisotopic (exact) mass is 220 g/mol. The first kappa shape index (κ1) is 11.2. The van der Waals surface area contributed by atoms with Crippen LogP contribution in [0.3, 0.4) is 0 Å². The molecule has 1 saturated carbocycles. The van der Waals surface area contributed by atoms with Crippen LogP contribution in [0.25, 0.3) is 0 Å². The fourth-order valence-corrected chi connectivity index (χ4v) is 1.87. The number of hydrogen-bond donors (Lipinski definition) is 2. The maximum absolute atomic E-state index is 4.45. The van der Waals surface area contributed by atoms with Crippen LogP contribution in [-0.4, -0.2) is 22.6 Å². The van der Waals surface area contributed by atoms with Crippen LogP contribution in [0, 0.1) is 5.92 Å². The molecule has 0 aliphatic heterocycles. The molecule has 1 fully saturated rings. The van der Waals surface area contributed by atoms with E-state index in [1.807, 2.05) is 0 Å². The van der Waals surface area contributed by atoms with Gasteiger partial charge < -0.3 is 10.6 Å². The minimum Gasteiger partial charge on any atom is -0.369 e. The summed E-state index contributed by atoms with van der Waals surface area (Å²) < 4.78 is 0. The van der Waals surface area contributed by atoms with Crippen molar-refractivity contribution in [1.29, 1.82) is 0 Å². The Balaban J connectivity index is 1.88. The molecule has 1 aliphatic rings. The summed E-state index contributed by atoms with van der Waals surface area (Å²) in [5, 5.41) is 6.56. The first-order valence-electron chi connectivity index (χ1n) is 6.10. The van der Waals surface area contributed by atoms with Gasteiger partial charge in [0.25, 0.3) is 0 Å². The largest absolute Gasteiger partial charge is 0.369 e. The highest BCUT2D eigenvalue weighted by molar-refractivity contribution is 5.41. The molecule has 1 atom stereocenters. The van der Waals surface area contributed by atoms with Crippen LogP contribution in [0.2, 0.25) is 0 Å². The topological polar surface area (TPSA) is 49.8 Å². The maximum atomic E-state index is 4.45. The number of aromatic nitrogens is 2. The molecule has 4 heteroatoms. The Labute approximate surface area is 96.9 Å². The van der Waals surface area contributed by atoms with Crippen molar-refractivity contribution in [1.82, 2.24) is 9.97 Å². The molecule has 1 unspecified atom stereocenters. The van der Waals surface area contributed by atoms with Gasteiger partial charge in [0.2, 0.25) is 0 Å². The van der Waals surface area contributed by atoms with E-state index in [4.69, 9.17) is 0 Å². The smallest absolute Gasteiger partial charge is 0.147 e. The molecule has 0 saturated heterocycles. The minimum absolute atomic E-state index is 0.485. The molecule has 1 heterocycles. The van der Waals surface area contributed by atoms with Crippen molar-refractivity contribution in [2.24, 2.45) is 5.92 Å². The van der Waals surface area contributed by atoms with Gasteiger partial charge in [0, 0.05) is 12.6 Å². The van der Waals surface area contributed by atoms with E-state index < -0.39 is 0 Å². The molecule has 1 aromatic rings. The summed E-state index contributed by atoms with van der Waals surface area (Å²) in [6, 6.07) is 0.485. The Morgan fingerprint density at radius 1 is 1.38 bits per heavy atom. The second kappa shape index (κ2) is 5.14. The highest BCUT2D eigenvalue weighted by Gasteiger charge is 2.23. The lowest BCUT2D eigenvalue weighted by Gasteiger charge is -2.14. The van der Waals surface area contributed by atoms with E-state index in [-0.39, 0.29) is 0 Å². The lowest BCUT2D eigenvalue weighted by molar-refractivity contribution is 0.640. The van der Waals surface area contributed by atoms with Gasteiger partial charge in [-0.05, 0) is 26.2 Å². The average molecular weight is 220 g/mol. The van der Waals surface area contributed by atoms with Crippen molar-refractivity contribution < 1.29 is 0 Å². The van der Waals surface area contributed by atoms with Crippen molar-refractivity contribution in [2.75, 3.05) is 17.2 Å². The molecule has 0 bridgehead atoms. The van der Waals surface area contributed by atoms with E-state index in [9.17, 15) is 0 Å². The van der Waals surface area contributed by atoms with Gasteiger partial charge in [0.1, 0.15) is 11.6 Å². The van der Waals surface area contributed by atoms with E-state index in [1.165, 1.54) is 19.3 Å². The van der Waals surface area contributed by atoms with Crippen LogP contribution in [0.4, 0.5) is 11.6 Å². The summed E-state index contributed by atoms with van der Waals surface area (Å²) in [5.41, 5.74) is 0. The molecular formula is C12H20N4. The van der Waals surface area contributed by atoms with Gasteiger partial charge in [-0.15, -0.1) is 0 Å². The fraction of sp³-hybridized carbons (Fsp3) is 0.667. The lowest BCUT2D eigenvalue weighted by atomic mass is 10.1. The van der Waals surface area contributed by atoms with Gasteiger partial charge in [-0.2, -0.15) is 0 Å². The third-order valence-corrected chi connectivity index (χ3v) is 2.77. The highest BCUT2D eigenvalue weighted by atomic mass is 15.1. The molecule has 1 aliphatic carbocycles. The summed E-state index contributed by atoms with van der Waals surface area (Å²) in [4.78, 5) is 8.61. The Morgan fingerprint density at radius 2 is 2.12 bits per heavy atom. The van der Waals surface area contributed by atoms with Gasteiger partial charge >= 0.3 is 0 Å². The molecule has 0 radical (unpaired) electrons. The van der Waals surface area contributed by atoms with Crippen LogP contribution in [0.1, 0.15) is 33.1 Å². The van der Waals surface area contributed by atoms with Crippen molar-refractivity contribution in [3.8, 4) is 0 Å². The predicted molar refractivity (Wildman–Crippen MR) is 66.6 cm³/mol. The number of nitrogens with one attached hydrogen (secondary N) is 2. The van der Waals surface area contributed by atoms with E-state index in [0.29, 0.717) is 6.04 Å². The summed E-state index contributed by atoms with van der Waals surface area (Å²) in [5.74, 6) is 2.64. The average Bonchev–Trinajstić information content (AvgIpc) is 3.02. The van der Waals surface area contributed by atoms with Crippen LogP contribution in [-0.2, 0) is 0 Å². The second-order valence-electron chi connectivity index (χ2n) is 4.54. The summed E-state index contributed by atoms with van der Waals surface area (Å²) in [6.07, 6.45) is 7.57. The van der Waals surface area contributed by atoms with Gasteiger partial charge in [-0.1, -0.05) is 12.8 Å². The number of anilines is 2. The van der Waals surface area contributed by atoms with Crippen LogP contribution < -0.4 is 10.6 Å². The van der Waals surface area contributed by atoms with E-state index in [2.05, 4.69) is 34.4 Å². The minimum atomic E-state index is 0.485. The third-order valence-electron chi connectivity index (χ3n) is 2.77. The van der Waals surface area contributed by atoms with E-state index in [1.54, 1.807) is 12.4 Å². The van der Waals surface area contributed by atoms with Crippen molar-refractivity contribution in [2.45, 2.75) is 39.2 Å². The molecule has 4 nitrogen and oxygen atoms in total. The SMILES string of the molecule is CCNc1cncc(NC(C)CC2CC2)n1. The van der Waals surface area contributed by atoms with Crippen LogP contribution in [0.5, 0.6) is 0 Å². The van der Waals surface area contributed by atoms with Crippen molar-refractivity contribution in [3.05, 3.63) is 12.4 Å². The number of nitrogens with zero attached hydrogens (tertiary/aromatic N) is 2. The first-order chi connectivity index (χ1) is 7.78. The Morgan fingerprint density at radius 3 is 2.81 bits per heavy atom. The third kappa shape index (κ3) is 3.36. The van der Waals surface area contributed by atoms with Crippen LogP contribution in [0.15, 0.2) is 12.4 Å². The molecule has 16 heavy (non-hydrogen) atoms. The summed E-state index contributed by atoms with van der Waals surface area (Å²) in [6.45, 7) is 5.13. The molecule has 1 aromatic heterocycles. The zero-order valence-corrected chi connectivity index (χ0v) is 10.0. The summed E-state index contributed by atoms with van der Waals surface area (Å²) in [7, 11) is 0. The first-order valence-corrected chi connectivity index (χ1v) is 6.10. The molecule has 0 aromatic carbocycles. The normalized spacial score (nSPS) is 16.9. The molecular weight excluding hydrogens is 200 g/mol. The highest BCUT2D eigenvalue weighted by Crippen LogP contribution is 2.33. The zero-order valence-electron chi connectivity index (χ0n) is 10.0. The van der Waals surface area contributed by atoms with E-state index >= 15 is 0 Å². The summed E-state index contributed by atoms with van der Waals surface area (Å²) >= 11 is 0. The zero-order chi connectivity index (χ0) is 11.4.